The highest BCUT2D eigenvalue weighted by atomic mass is 16.5. The lowest BCUT2D eigenvalue weighted by Gasteiger charge is -2.32. The highest BCUT2D eigenvalue weighted by molar-refractivity contribution is 5.94. The molecule has 0 radical (unpaired) electrons. The molecule has 7 nitrogen and oxygen atoms in total. The molecule has 0 spiro atoms. The van der Waals surface area contributed by atoms with Crippen LogP contribution in [0.4, 0.5) is 0 Å². The molecule has 3 heterocycles. The number of hydrogen-bond acceptors (Lipinski definition) is 6. The van der Waals surface area contributed by atoms with Gasteiger partial charge in [0.1, 0.15) is 11.9 Å². The van der Waals surface area contributed by atoms with Crippen LogP contribution in [0.1, 0.15) is 22.5 Å². The first-order valence-electron chi connectivity index (χ1n) is 8.13. The second kappa shape index (κ2) is 7.94. The SMILES string of the molecule is COc1cc(C(=O)N[C@@H]2COCC[C@@H]2Oc2ccc(C)nc2)ccn1. The van der Waals surface area contributed by atoms with Crippen LogP contribution in [0.3, 0.4) is 0 Å². The smallest absolute Gasteiger partial charge is 0.251 e. The largest absolute Gasteiger partial charge is 0.486 e. The van der Waals surface area contributed by atoms with Gasteiger partial charge in [0.2, 0.25) is 5.88 Å². The molecule has 0 unspecified atom stereocenters. The van der Waals surface area contributed by atoms with Crippen molar-refractivity contribution in [2.45, 2.75) is 25.5 Å². The molecule has 0 aromatic carbocycles. The molecule has 7 heteroatoms. The van der Waals surface area contributed by atoms with E-state index in [0.29, 0.717) is 36.8 Å². The zero-order chi connectivity index (χ0) is 17.6. The summed E-state index contributed by atoms with van der Waals surface area (Å²) in [5.41, 5.74) is 1.41. The Kier molecular flexibility index (Phi) is 5.45. The molecule has 132 valence electrons. The predicted octanol–water partition coefficient (Wildman–Crippen LogP) is 1.76. The minimum Gasteiger partial charge on any atom is -0.486 e. The molecule has 0 bridgehead atoms. The average Bonchev–Trinajstić information content (AvgIpc) is 2.65. The van der Waals surface area contributed by atoms with Gasteiger partial charge in [-0.05, 0) is 25.1 Å². The summed E-state index contributed by atoms with van der Waals surface area (Å²) >= 11 is 0. The molecule has 0 aliphatic carbocycles. The Morgan fingerprint density at radius 3 is 2.96 bits per heavy atom. The molecule has 1 fully saturated rings. The quantitative estimate of drug-likeness (QED) is 0.891. The van der Waals surface area contributed by atoms with Crippen LogP contribution in [0.5, 0.6) is 11.6 Å². The topological polar surface area (TPSA) is 82.6 Å². The molecule has 1 aliphatic rings. The van der Waals surface area contributed by atoms with E-state index in [2.05, 4.69) is 15.3 Å². The number of nitrogens with one attached hydrogen (secondary N) is 1. The fraction of sp³-hybridized carbons (Fsp3) is 0.389. The van der Waals surface area contributed by atoms with Gasteiger partial charge in [0.15, 0.2) is 0 Å². The van der Waals surface area contributed by atoms with Gasteiger partial charge in [-0.1, -0.05) is 0 Å². The van der Waals surface area contributed by atoms with Crippen LogP contribution in [0, 0.1) is 6.92 Å². The molecule has 2 atom stereocenters. The monoisotopic (exact) mass is 343 g/mol. The van der Waals surface area contributed by atoms with Crippen LogP contribution in [0.25, 0.3) is 0 Å². The third-order valence-corrected chi connectivity index (χ3v) is 3.99. The molecule has 1 saturated heterocycles. The van der Waals surface area contributed by atoms with Gasteiger partial charge in [0, 0.05) is 29.9 Å². The maximum absolute atomic E-state index is 12.5. The zero-order valence-corrected chi connectivity index (χ0v) is 14.3. The maximum atomic E-state index is 12.5. The zero-order valence-electron chi connectivity index (χ0n) is 14.3. The molecule has 2 aromatic rings. The minimum atomic E-state index is -0.248. The van der Waals surface area contributed by atoms with E-state index in [1.54, 1.807) is 18.3 Å². The van der Waals surface area contributed by atoms with E-state index in [1.807, 2.05) is 19.1 Å². The minimum absolute atomic E-state index is 0.175. The molecule has 0 saturated carbocycles. The van der Waals surface area contributed by atoms with Gasteiger partial charge in [-0.3, -0.25) is 9.78 Å². The molecule has 1 amide bonds. The Morgan fingerprint density at radius 2 is 2.20 bits per heavy atom. The van der Waals surface area contributed by atoms with Gasteiger partial charge >= 0.3 is 0 Å². The molecule has 1 aliphatic heterocycles. The van der Waals surface area contributed by atoms with Crippen molar-refractivity contribution in [3.63, 3.8) is 0 Å². The van der Waals surface area contributed by atoms with Crippen molar-refractivity contribution in [3.8, 4) is 11.6 Å². The summed E-state index contributed by atoms with van der Waals surface area (Å²) in [4.78, 5) is 20.7. The van der Waals surface area contributed by atoms with Gasteiger partial charge in [-0.2, -0.15) is 0 Å². The van der Waals surface area contributed by atoms with Crippen LogP contribution in [-0.4, -0.2) is 48.3 Å². The van der Waals surface area contributed by atoms with Crippen molar-refractivity contribution in [1.82, 2.24) is 15.3 Å². The van der Waals surface area contributed by atoms with Gasteiger partial charge in [0.25, 0.3) is 5.91 Å². The van der Waals surface area contributed by atoms with E-state index in [9.17, 15) is 4.79 Å². The van der Waals surface area contributed by atoms with Crippen LogP contribution < -0.4 is 14.8 Å². The molecular weight excluding hydrogens is 322 g/mol. The van der Waals surface area contributed by atoms with Gasteiger partial charge in [-0.15, -0.1) is 0 Å². The number of hydrogen-bond donors (Lipinski definition) is 1. The van der Waals surface area contributed by atoms with E-state index in [0.717, 1.165) is 5.69 Å². The summed E-state index contributed by atoms with van der Waals surface area (Å²) < 4.78 is 16.6. The average molecular weight is 343 g/mol. The lowest BCUT2D eigenvalue weighted by molar-refractivity contribution is -0.00301. The Bertz CT molecular complexity index is 721. The lowest BCUT2D eigenvalue weighted by atomic mass is 10.1. The highest BCUT2D eigenvalue weighted by Crippen LogP contribution is 2.18. The number of amides is 1. The molecular formula is C18H21N3O4. The third-order valence-electron chi connectivity index (χ3n) is 3.99. The number of methoxy groups -OCH3 is 1. The summed E-state index contributed by atoms with van der Waals surface area (Å²) in [5, 5.41) is 2.98. The number of pyridine rings is 2. The fourth-order valence-corrected chi connectivity index (χ4v) is 2.61. The lowest BCUT2D eigenvalue weighted by Crippen LogP contribution is -2.51. The number of carbonyl (C=O) groups excluding carboxylic acids is 1. The van der Waals surface area contributed by atoms with Crippen molar-refractivity contribution >= 4 is 5.91 Å². The van der Waals surface area contributed by atoms with Crippen molar-refractivity contribution < 1.29 is 19.0 Å². The standard InChI is InChI=1S/C18H21N3O4/c1-12-3-4-14(10-20-12)25-16-6-8-24-11-15(16)21-18(22)13-5-7-19-17(9-13)23-2/h3-5,7,9-10,15-16H,6,8,11H2,1-2H3,(H,21,22)/t15-,16+/m1/s1. The van der Waals surface area contributed by atoms with E-state index in [4.69, 9.17) is 14.2 Å². The van der Waals surface area contributed by atoms with E-state index >= 15 is 0 Å². The number of aromatic nitrogens is 2. The highest BCUT2D eigenvalue weighted by Gasteiger charge is 2.29. The third kappa shape index (κ3) is 4.45. The first-order chi connectivity index (χ1) is 12.2. The summed E-state index contributed by atoms with van der Waals surface area (Å²) in [6.45, 7) is 2.92. The first-order valence-corrected chi connectivity index (χ1v) is 8.13. The molecule has 25 heavy (non-hydrogen) atoms. The second-order valence-electron chi connectivity index (χ2n) is 5.82. The molecule has 2 aromatic heterocycles. The Labute approximate surface area is 146 Å². The Hall–Kier alpha value is -2.67. The number of carbonyl (C=O) groups is 1. The number of ether oxygens (including phenoxy) is 3. The maximum Gasteiger partial charge on any atom is 0.251 e. The van der Waals surface area contributed by atoms with Gasteiger partial charge in [0.05, 0.1) is 32.6 Å². The Morgan fingerprint density at radius 1 is 1.32 bits per heavy atom. The number of nitrogens with zero attached hydrogens (tertiary/aromatic N) is 2. The van der Waals surface area contributed by atoms with Crippen LogP contribution in [0.15, 0.2) is 36.7 Å². The van der Waals surface area contributed by atoms with E-state index < -0.39 is 0 Å². The van der Waals surface area contributed by atoms with Crippen molar-refractivity contribution in [1.29, 1.82) is 0 Å². The molecule has 3 rings (SSSR count). The summed E-state index contributed by atoms with van der Waals surface area (Å²) in [6, 6.07) is 6.76. The van der Waals surface area contributed by atoms with Gasteiger partial charge in [-0.25, -0.2) is 4.98 Å². The van der Waals surface area contributed by atoms with Gasteiger partial charge < -0.3 is 19.5 Å². The van der Waals surface area contributed by atoms with Crippen molar-refractivity contribution in [2.24, 2.45) is 0 Å². The second-order valence-corrected chi connectivity index (χ2v) is 5.82. The summed E-state index contributed by atoms with van der Waals surface area (Å²) in [5.74, 6) is 0.861. The fourth-order valence-electron chi connectivity index (χ4n) is 2.61. The van der Waals surface area contributed by atoms with E-state index in [1.165, 1.54) is 13.3 Å². The van der Waals surface area contributed by atoms with Crippen LogP contribution >= 0.6 is 0 Å². The predicted molar refractivity (Wildman–Crippen MR) is 90.9 cm³/mol. The molecule has 1 N–H and O–H groups in total. The van der Waals surface area contributed by atoms with Crippen molar-refractivity contribution in [2.75, 3.05) is 20.3 Å². The Balaban J connectivity index is 1.67. The first kappa shape index (κ1) is 17.2. The summed E-state index contributed by atoms with van der Waals surface area (Å²) in [7, 11) is 1.51. The van der Waals surface area contributed by atoms with Crippen molar-refractivity contribution in [3.05, 3.63) is 47.9 Å². The number of aryl methyl sites for hydroxylation is 1. The van der Waals surface area contributed by atoms with E-state index in [-0.39, 0.29) is 18.1 Å². The summed E-state index contributed by atoms with van der Waals surface area (Å²) in [6.07, 6.45) is 3.75. The normalized spacial score (nSPS) is 19.9. The van der Waals surface area contributed by atoms with Crippen LogP contribution in [-0.2, 0) is 4.74 Å². The van der Waals surface area contributed by atoms with Crippen LogP contribution in [0.2, 0.25) is 0 Å². The number of rotatable bonds is 5.